The first kappa shape index (κ1) is 22.1. The lowest BCUT2D eigenvalue weighted by Crippen LogP contribution is -2.44. The molecule has 0 unspecified atom stereocenters. The summed E-state index contributed by atoms with van der Waals surface area (Å²) in [5.74, 6) is 7.64. The number of anilines is 1. The average molecular weight is 443 g/mol. The van der Waals surface area contributed by atoms with E-state index >= 15 is 0 Å². The van der Waals surface area contributed by atoms with Crippen molar-refractivity contribution in [3.8, 4) is 22.4 Å². The molecule has 0 saturated carbocycles. The molecule has 4 aromatic rings. The van der Waals surface area contributed by atoms with E-state index in [0.29, 0.717) is 0 Å². The predicted molar refractivity (Wildman–Crippen MR) is 135 cm³/mol. The minimum atomic E-state index is -0.0561. The van der Waals surface area contributed by atoms with Gasteiger partial charge in [0.2, 0.25) is 0 Å². The first-order chi connectivity index (χ1) is 15.1. The van der Waals surface area contributed by atoms with E-state index < -0.39 is 0 Å². The van der Waals surface area contributed by atoms with Gasteiger partial charge in [0.1, 0.15) is 11.5 Å². The van der Waals surface area contributed by atoms with E-state index in [4.69, 9.17) is 4.98 Å². The largest absolute Gasteiger partial charge is 0.354 e. The van der Waals surface area contributed by atoms with Crippen LogP contribution in [0.5, 0.6) is 0 Å². The zero-order chi connectivity index (χ0) is 22.9. The van der Waals surface area contributed by atoms with Gasteiger partial charge in [-0.1, -0.05) is 50.8 Å². The minimum absolute atomic E-state index is 0.0561. The van der Waals surface area contributed by atoms with Gasteiger partial charge in [0.15, 0.2) is 5.65 Å². The fraction of sp³-hybridized carbons (Fsp3) is 0.333. The second-order valence-corrected chi connectivity index (χ2v) is 11.1. The van der Waals surface area contributed by atoms with E-state index in [-0.39, 0.29) is 11.0 Å². The molecule has 0 N–H and O–H groups in total. The first-order valence-electron chi connectivity index (χ1n) is 10.9. The highest BCUT2D eigenvalue weighted by Crippen LogP contribution is 2.40. The van der Waals surface area contributed by atoms with Crippen molar-refractivity contribution in [2.75, 3.05) is 11.9 Å². The lowest BCUT2D eigenvalue weighted by atomic mass is 9.81. The maximum Gasteiger partial charge on any atom is 0.157 e. The summed E-state index contributed by atoms with van der Waals surface area (Å²) in [5, 5.41) is 0. The van der Waals surface area contributed by atoms with Crippen LogP contribution in [-0.4, -0.2) is 27.0 Å². The molecule has 0 amide bonds. The summed E-state index contributed by atoms with van der Waals surface area (Å²) in [6, 6.07) is 14.3. The number of aromatic nitrogens is 3. The fourth-order valence-electron chi connectivity index (χ4n) is 4.27. The molecule has 4 nitrogen and oxygen atoms in total. The van der Waals surface area contributed by atoms with E-state index in [0.717, 1.165) is 38.9 Å². The molecule has 0 radical (unpaired) electrons. The highest BCUT2D eigenvalue weighted by molar-refractivity contribution is 7.16. The van der Waals surface area contributed by atoms with Crippen LogP contribution < -0.4 is 4.90 Å². The molecule has 5 heteroatoms. The quantitative estimate of drug-likeness (QED) is 0.338. The Hall–Kier alpha value is -3.10. The second kappa shape index (κ2) is 8.44. The monoisotopic (exact) mass is 442 g/mol. The molecule has 0 spiro atoms. The molecule has 4 rings (SSSR count). The topological polar surface area (TPSA) is 33.4 Å². The number of benzene rings is 1. The average Bonchev–Trinajstić information content (AvgIpc) is 3.35. The highest BCUT2D eigenvalue weighted by Gasteiger charge is 2.33. The maximum absolute atomic E-state index is 4.97. The Morgan fingerprint density at radius 2 is 1.75 bits per heavy atom. The third-order valence-corrected chi connectivity index (χ3v) is 6.54. The molecular weight excluding hydrogens is 412 g/mol. The summed E-state index contributed by atoms with van der Waals surface area (Å²) in [6.45, 7) is 11.5. The summed E-state index contributed by atoms with van der Waals surface area (Å²) in [4.78, 5) is 13.8. The first-order valence-corrected chi connectivity index (χ1v) is 11.7. The summed E-state index contributed by atoms with van der Waals surface area (Å²) in [6.07, 6.45) is 6.68. The Labute approximate surface area is 195 Å². The Morgan fingerprint density at radius 3 is 2.47 bits per heavy atom. The SMILES string of the molecule is CN(c1c(-c2ccc(C#Cc3ccccc3)s2)nc2cnccn12)C(C)(C)CC(C)(C)C. The van der Waals surface area contributed by atoms with Crippen LogP contribution >= 0.6 is 11.3 Å². The number of nitrogens with zero attached hydrogens (tertiary/aromatic N) is 4. The second-order valence-electron chi connectivity index (χ2n) is 9.98. The Balaban J connectivity index is 1.76. The van der Waals surface area contributed by atoms with Gasteiger partial charge in [0.05, 0.1) is 16.0 Å². The number of thiophene rings is 1. The molecule has 0 atom stereocenters. The zero-order valence-corrected chi connectivity index (χ0v) is 20.5. The summed E-state index contributed by atoms with van der Waals surface area (Å²) < 4.78 is 2.14. The van der Waals surface area contributed by atoms with Gasteiger partial charge >= 0.3 is 0 Å². The van der Waals surface area contributed by atoms with Crippen LogP contribution in [0.15, 0.2) is 61.1 Å². The highest BCUT2D eigenvalue weighted by atomic mass is 32.1. The molecule has 0 aliphatic rings. The third kappa shape index (κ3) is 4.71. The smallest absolute Gasteiger partial charge is 0.157 e. The van der Waals surface area contributed by atoms with Gasteiger partial charge in [-0.2, -0.15) is 0 Å². The van der Waals surface area contributed by atoms with Crippen molar-refractivity contribution in [1.82, 2.24) is 14.4 Å². The van der Waals surface area contributed by atoms with Crippen LogP contribution in [0.2, 0.25) is 0 Å². The Kier molecular flexibility index (Phi) is 5.83. The van der Waals surface area contributed by atoms with Crippen molar-refractivity contribution in [3.05, 3.63) is 71.5 Å². The van der Waals surface area contributed by atoms with Crippen molar-refractivity contribution < 1.29 is 0 Å². The van der Waals surface area contributed by atoms with E-state index in [1.807, 2.05) is 48.9 Å². The standard InChI is InChI=1S/C27H30N4S/c1-26(2,3)19-27(4,5)30(6)25-24(29-23-18-28-16-17-31(23)25)22-15-14-21(32-22)13-12-20-10-8-7-9-11-20/h7-11,14-18H,19H2,1-6H3. The Morgan fingerprint density at radius 1 is 1.00 bits per heavy atom. The molecule has 0 bridgehead atoms. The van der Waals surface area contributed by atoms with E-state index in [1.165, 1.54) is 0 Å². The molecule has 1 aromatic carbocycles. The molecule has 164 valence electrons. The summed E-state index contributed by atoms with van der Waals surface area (Å²) in [7, 11) is 2.17. The number of hydrogen-bond acceptors (Lipinski definition) is 4. The van der Waals surface area contributed by atoms with Gasteiger partial charge in [-0.05, 0) is 49.9 Å². The number of fused-ring (bicyclic) bond motifs is 1. The fourth-order valence-corrected chi connectivity index (χ4v) is 5.12. The van der Waals surface area contributed by atoms with E-state index in [9.17, 15) is 0 Å². The van der Waals surface area contributed by atoms with Crippen molar-refractivity contribution in [2.24, 2.45) is 5.41 Å². The van der Waals surface area contributed by atoms with Crippen LogP contribution in [0.3, 0.4) is 0 Å². The number of imidazole rings is 1. The lowest BCUT2D eigenvalue weighted by molar-refractivity contribution is 0.278. The van der Waals surface area contributed by atoms with E-state index in [1.54, 1.807) is 11.3 Å². The van der Waals surface area contributed by atoms with Crippen LogP contribution in [0.25, 0.3) is 16.2 Å². The predicted octanol–water partition coefficient (Wildman–Crippen LogP) is 6.51. The summed E-state index contributed by atoms with van der Waals surface area (Å²) in [5.41, 5.74) is 3.00. The van der Waals surface area contributed by atoms with Crippen molar-refractivity contribution in [2.45, 2.75) is 46.6 Å². The van der Waals surface area contributed by atoms with E-state index in [2.05, 4.69) is 79.9 Å². The molecule has 3 aromatic heterocycles. The Bertz CT molecular complexity index is 1280. The lowest BCUT2D eigenvalue weighted by Gasteiger charge is -2.41. The van der Waals surface area contributed by atoms with Gasteiger partial charge in [0, 0.05) is 30.5 Å². The molecular formula is C27H30N4S. The third-order valence-electron chi connectivity index (χ3n) is 5.54. The van der Waals surface area contributed by atoms with Gasteiger partial charge in [-0.3, -0.25) is 9.38 Å². The molecule has 32 heavy (non-hydrogen) atoms. The van der Waals surface area contributed by atoms with Gasteiger partial charge in [0.25, 0.3) is 0 Å². The normalized spacial score (nSPS) is 11.9. The van der Waals surface area contributed by atoms with Gasteiger partial charge in [-0.25, -0.2) is 4.98 Å². The molecule has 0 fully saturated rings. The van der Waals surface area contributed by atoms with Crippen molar-refractivity contribution in [1.29, 1.82) is 0 Å². The molecule has 0 saturated heterocycles. The van der Waals surface area contributed by atoms with Crippen LogP contribution in [0.4, 0.5) is 5.82 Å². The van der Waals surface area contributed by atoms with Gasteiger partial charge < -0.3 is 4.90 Å². The van der Waals surface area contributed by atoms with Gasteiger partial charge in [-0.15, -0.1) is 11.3 Å². The maximum atomic E-state index is 4.97. The molecule has 3 heterocycles. The van der Waals surface area contributed by atoms with Crippen LogP contribution in [-0.2, 0) is 0 Å². The number of rotatable bonds is 4. The van der Waals surface area contributed by atoms with Crippen LogP contribution in [0, 0.1) is 17.3 Å². The number of hydrogen-bond donors (Lipinski definition) is 0. The minimum Gasteiger partial charge on any atom is -0.354 e. The molecule has 0 aliphatic heterocycles. The van der Waals surface area contributed by atoms with Crippen molar-refractivity contribution in [3.63, 3.8) is 0 Å². The van der Waals surface area contributed by atoms with Crippen LogP contribution in [0.1, 0.15) is 51.5 Å². The summed E-state index contributed by atoms with van der Waals surface area (Å²) >= 11 is 1.68. The zero-order valence-electron chi connectivity index (χ0n) is 19.7. The van der Waals surface area contributed by atoms with Crippen molar-refractivity contribution >= 4 is 22.8 Å². The molecule has 0 aliphatic carbocycles.